The van der Waals surface area contributed by atoms with E-state index in [4.69, 9.17) is 0 Å². The molecule has 20 heavy (non-hydrogen) atoms. The monoisotopic (exact) mass is 273 g/mol. The summed E-state index contributed by atoms with van der Waals surface area (Å²) in [6, 6.07) is 2.00. The first-order chi connectivity index (χ1) is 9.67. The van der Waals surface area contributed by atoms with E-state index >= 15 is 0 Å². The van der Waals surface area contributed by atoms with Crippen LogP contribution < -0.4 is 0 Å². The summed E-state index contributed by atoms with van der Waals surface area (Å²) in [7, 11) is 0. The highest BCUT2D eigenvalue weighted by molar-refractivity contribution is 5.76. The number of aromatic amines is 1. The molecule has 1 atom stereocenters. The van der Waals surface area contributed by atoms with Gasteiger partial charge in [0.1, 0.15) is 6.54 Å². The number of amides is 1. The Balaban J connectivity index is 1.70. The Bertz CT molecular complexity index is 562. The van der Waals surface area contributed by atoms with Crippen LogP contribution in [0.15, 0.2) is 31.0 Å². The zero-order valence-electron chi connectivity index (χ0n) is 11.6. The van der Waals surface area contributed by atoms with Crippen LogP contribution in [0.1, 0.15) is 25.5 Å². The number of nitrogens with zero attached hydrogens (tertiary/aromatic N) is 4. The van der Waals surface area contributed by atoms with E-state index < -0.39 is 0 Å². The molecular formula is C14H19N5O. The number of H-pyrrole nitrogens is 1. The average Bonchev–Trinajstić information content (AvgIpc) is 3.12. The maximum Gasteiger partial charge on any atom is 0.242 e. The summed E-state index contributed by atoms with van der Waals surface area (Å²) in [5.74, 6) is 0.147. The third-order valence-electron chi connectivity index (χ3n) is 4.08. The molecule has 0 spiro atoms. The number of aromatic nitrogens is 4. The van der Waals surface area contributed by atoms with Gasteiger partial charge in [-0.05, 0) is 18.9 Å². The van der Waals surface area contributed by atoms with Crippen LogP contribution >= 0.6 is 0 Å². The maximum atomic E-state index is 12.4. The number of likely N-dealkylation sites (tertiary alicyclic amines) is 1. The van der Waals surface area contributed by atoms with Crippen LogP contribution in [0.2, 0.25) is 0 Å². The van der Waals surface area contributed by atoms with E-state index in [-0.39, 0.29) is 11.3 Å². The van der Waals surface area contributed by atoms with Gasteiger partial charge in [-0.25, -0.2) is 4.98 Å². The molecule has 1 amide bonds. The first-order valence-corrected chi connectivity index (χ1v) is 6.91. The predicted molar refractivity (Wildman–Crippen MR) is 74.0 cm³/mol. The molecule has 0 bridgehead atoms. The van der Waals surface area contributed by atoms with Crippen LogP contribution in [0.3, 0.4) is 0 Å². The van der Waals surface area contributed by atoms with Crippen molar-refractivity contribution >= 4 is 5.91 Å². The van der Waals surface area contributed by atoms with E-state index in [1.807, 2.05) is 21.7 Å². The zero-order valence-corrected chi connectivity index (χ0v) is 11.6. The van der Waals surface area contributed by atoms with Gasteiger partial charge in [0.05, 0.1) is 6.33 Å². The molecule has 1 unspecified atom stereocenters. The highest BCUT2D eigenvalue weighted by Gasteiger charge is 2.35. The molecule has 0 radical (unpaired) electrons. The lowest BCUT2D eigenvalue weighted by atomic mass is 9.79. The Morgan fingerprint density at radius 3 is 3.10 bits per heavy atom. The summed E-state index contributed by atoms with van der Waals surface area (Å²) in [5, 5.41) is 7.08. The molecule has 3 rings (SSSR count). The molecule has 1 aliphatic rings. The number of nitrogens with one attached hydrogen (secondary N) is 1. The largest absolute Gasteiger partial charge is 0.340 e. The summed E-state index contributed by atoms with van der Waals surface area (Å²) in [5.41, 5.74) is 1.08. The number of hydrogen-bond acceptors (Lipinski definition) is 3. The first-order valence-electron chi connectivity index (χ1n) is 6.91. The van der Waals surface area contributed by atoms with Gasteiger partial charge in [0.2, 0.25) is 5.91 Å². The molecule has 2 aromatic rings. The molecule has 0 aromatic carbocycles. The summed E-state index contributed by atoms with van der Waals surface area (Å²) in [4.78, 5) is 18.3. The predicted octanol–water partition coefficient (Wildman–Crippen LogP) is 1.19. The van der Waals surface area contributed by atoms with Crippen LogP contribution in [0, 0.1) is 0 Å². The van der Waals surface area contributed by atoms with Crippen molar-refractivity contribution in [3.05, 3.63) is 36.7 Å². The number of imidazole rings is 1. The topological polar surface area (TPSA) is 66.8 Å². The third-order valence-corrected chi connectivity index (χ3v) is 4.08. The lowest BCUT2D eigenvalue weighted by Gasteiger charge is -2.39. The Labute approximate surface area is 117 Å². The second-order valence-electron chi connectivity index (χ2n) is 5.68. The van der Waals surface area contributed by atoms with Crippen molar-refractivity contribution in [1.82, 2.24) is 24.6 Å². The molecule has 1 N–H and O–H groups in total. The van der Waals surface area contributed by atoms with Crippen molar-refractivity contribution < 1.29 is 4.79 Å². The molecule has 6 heteroatoms. The SMILES string of the molecule is CC1(c2ccn[nH]2)CCCN(C(=O)Cn2ccnc2)C1. The van der Waals surface area contributed by atoms with Crippen LogP contribution in [0.5, 0.6) is 0 Å². The average molecular weight is 273 g/mol. The van der Waals surface area contributed by atoms with E-state index in [9.17, 15) is 4.79 Å². The lowest BCUT2D eigenvalue weighted by Crippen LogP contribution is -2.48. The van der Waals surface area contributed by atoms with Gasteiger partial charge in [0.25, 0.3) is 0 Å². The van der Waals surface area contributed by atoms with Gasteiger partial charge in [-0.3, -0.25) is 9.89 Å². The minimum absolute atomic E-state index is 0.0284. The van der Waals surface area contributed by atoms with Crippen LogP contribution in [0.25, 0.3) is 0 Å². The van der Waals surface area contributed by atoms with Gasteiger partial charge in [-0.2, -0.15) is 5.10 Å². The zero-order chi connectivity index (χ0) is 14.0. The summed E-state index contributed by atoms with van der Waals surface area (Å²) < 4.78 is 1.81. The smallest absolute Gasteiger partial charge is 0.242 e. The molecular weight excluding hydrogens is 254 g/mol. The fourth-order valence-electron chi connectivity index (χ4n) is 2.90. The highest BCUT2D eigenvalue weighted by atomic mass is 16.2. The second-order valence-corrected chi connectivity index (χ2v) is 5.68. The van der Waals surface area contributed by atoms with Crippen LogP contribution in [-0.2, 0) is 16.8 Å². The van der Waals surface area contributed by atoms with E-state index in [1.165, 1.54) is 0 Å². The van der Waals surface area contributed by atoms with Crippen molar-refractivity contribution in [2.24, 2.45) is 0 Å². The molecule has 1 aliphatic heterocycles. The number of carbonyl (C=O) groups is 1. The lowest BCUT2D eigenvalue weighted by molar-refractivity contribution is -0.134. The van der Waals surface area contributed by atoms with Gasteiger partial charge >= 0.3 is 0 Å². The van der Waals surface area contributed by atoms with Crippen LogP contribution in [-0.4, -0.2) is 43.6 Å². The first kappa shape index (κ1) is 12.9. The maximum absolute atomic E-state index is 12.4. The minimum atomic E-state index is -0.0284. The Morgan fingerprint density at radius 1 is 1.50 bits per heavy atom. The third kappa shape index (κ3) is 2.45. The Morgan fingerprint density at radius 2 is 2.40 bits per heavy atom. The van der Waals surface area contributed by atoms with E-state index in [0.717, 1.165) is 31.6 Å². The van der Waals surface area contributed by atoms with Crippen molar-refractivity contribution in [3.63, 3.8) is 0 Å². The quantitative estimate of drug-likeness (QED) is 0.913. The van der Waals surface area contributed by atoms with Crippen LogP contribution in [0.4, 0.5) is 0 Å². The summed E-state index contributed by atoms with van der Waals surface area (Å²) in [6.45, 7) is 4.12. The standard InChI is InChI=1S/C14H19N5O/c1-14(12-3-5-16-17-12)4-2-7-19(10-14)13(20)9-18-8-6-15-11-18/h3,5-6,8,11H,2,4,7,9-10H2,1H3,(H,16,17). The molecule has 3 heterocycles. The Hall–Kier alpha value is -2.11. The molecule has 0 aliphatic carbocycles. The van der Waals surface area contributed by atoms with E-state index in [2.05, 4.69) is 22.1 Å². The molecule has 106 valence electrons. The van der Waals surface area contributed by atoms with Gasteiger partial charge in [-0.1, -0.05) is 6.92 Å². The number of carbonyl (C=O) groups excluding carboxylic acids is 1. The highest BCUT2D eigenvalue weighted by Crippen LogP contribution is 2.32. The summed E-state index contributed by atoms with van der Waals surface area (Å²) in [6.07, 6.45) is 9.05. The van der Waals surface area contributed by atoms with Crippen molar-refractivity contribution in [1.29, 1.82) is 0 Å². The normalized spacial score (nSPS) is 22.9. The summed E-state index contributed by atoms with van der Waals surface area (Å²) >= 11 is 0. The van der Waals surface area contributed by atoms with Gasteiger partial charge in [0, 0.05) is 42.8 Å². The second kappa shape index (κ2) is 5.11. The van der Waals surface area contributed by atoms with Gasteiger partial charge in [0.15, 0.2) is 0 Å². The number of piperidine rings is 1. The number of rotatable bonds is 3. The number of hydrogen-bond donors (Lipinski definition) is 1. The minimum Gasteiger partial charge on any atom is -0.340 e. The molecule has 1 saturated heterocycles. The molecule has 1 fully saturated rings. The molecule has 2 aromatic heterocycles. The van der Waals surface area contributed by atoms with Crippen molar-refractivity contribution in [2.75, 3.05) is 13.1 Å². The van der Waals surface area contributed by atoms with Gasteiger partial charge < -0.3 is 9.47 Å². The van der Waals surface area contributed by atoms with Crippen molar-refractivity contribution in [2.45, 2.75) is 31.7 Å². The molecule has 0 saturated carbocycles. The van der Waals surface area contributed by atoms with Gasteiger partial charge in [-0.15, -0.1) is 0 Å². The molecule has 6 nitrogen and oxygen atoms in total. The van der Waals surface area contributed by atoms with E-state index in [1.54, 1.807) is 18.7 Å². The Kier molecular flexibility index (Phi) is 3.30. The fraction of sp³-hybridized carbons (Fsp3) is 0.500. The fourth-order valence-corrected chi connectivity index (χ4v) is 2.90. The van der Waals surface area contributed by atoms with E-state index in [0.29, 0.717) is 6.54 Å². The van der Waals surface area contributed by atoms with Crippen molar-refractivity contribution in [3.8, 4) is 0 Å².